The highest BCUT2D eigenvalue weighted by Crippen LogP contribution is 2.19. The maximum absolute atomic E-state index is 12.8. The molecule has 0 saturated carbocycles. The number of methoxy groups -OCH3 is 1. The van der Waals surface area contributed by atoms with Crippen molar-refractivity contribution in [3.05, 3.63) is 48.5 Å². The van der Waals surface area contributed by atoms with Gasteiger partial charge in [0.2, 0.25) is 15.9 Å². The van der Waals surface area contributed by atoms with Crippen LogP contribution in [-0.2, 0) is 14.8 Å². The molecule has 0 bridgehead atoms. The van der Waals surface area contributed by atoms with Crippen molar-refractivity contribution in [3.8, 4) is 11.5 Å². The molecule has 0 aliphatic carbocycles. The maximum atomic E-state index is 12.8. The third kappa shape index (κ3) is 6.76. The zero-order chi connectivity index (χ0) is 21.4. The summed E-state index contributed by atoms with van der Waals surface area (Å²) < 4.78 is 38.5. The molecule has 0 radical (unpaired) electrons. The minimum Gasteiger partial charge on any atom is -0.497 e. The monoisotopic (exact) mass is 420 g/mol. The summed E-state index contributed by atoms with van der Waals surface area (Å²) in [6.45, 7) is 6.30. The van der Waals surface area contributed by atoms with Gasteiger partial charge in [-0.05, 0) is 67.8 Å². The van der Waals surface area contributed by atoms with Crippen molar-refractivity contribution in [3.63, 3.8) is 0 Å². The van der Waals surface area contributed by atoms with Gasteiger partial charge >= 0.3 is 0 Å². The molecule has 2 N–H and O–H groups in total. The minimum atomic E-state index is -3.87. The van der Waals surface area contributed by atoms with E-state index in [2.05, 4.69) is 10.0 Å². The molecule has 29 heavy (non-hydrogen) atoms. The van der Waals surface area contributed by atoms with Crippen molar-refractivity contribution in [2.45, 2.75) is 38.1 Å². The summed E-state index contributed by atoms with van der Waals surface area (Å²) in [4.78, 5) is 12.8. The number of sulfonamides is 1. The number of anilines is 1. The first-order valence-corrected chi connectivity index (χ1v) is 10.9. The smallest absolute Gasteiger partial charge is 0.242 e. The molecule has 0 aliphatic heterocycles. The second-order valence-electron chi connectivity index (χ2n) is 6.93. The van der Waals surface area contributed by atoms with Crippen LogP contribution in [0.15, 0.2) is 53.4 Å². The second kappa shape index (κ2) is 10.3. The van der Waals surface area contributed by atoms with Gasteiger partial charge in [0.15, 0.2) is 0 Å². The zero-order valence-corrected chi connectivity index (χ0v) is 18.0. The number of ether oxygens (including phenoxy) is 2. The summed E-state index contributed by atoms with van der Waals surface area (Å²) in [5.74, 6) is 0.949. The lowest BCUT2D eigenvalue weighted by Gasteiger charge is -2.20. The van der Waals surface area contributed by atoms with Gasteiger partial charge in [-0.1, -0.05) is 13.8 Å². The zero-order valence-electron chi connectivity index (χ0n) is 17.1. The largest absolute Gasteiger partial charge is 0.497 e. The van der Waals surface area contributed by atoms with Crippen molar-refractivity contribution in [2.24, 2.45) is 5.92 Å². The number of carbonyl (C=O) groups excluding carboxylic acids is 1. The lowest BCUT2D eigenvalue weighted by Crippen LogP contribution is -2.44. The first-order chi connectivity index (χ1) is 13.7. The van der Waals surface area contributed by atoms with Crippen LogP contribution in [0.3, 0.4) is 0 Å². The number of benzene rings is 2. The molecule has 2 aromatic rings. The van der Waals surface area contributed by atoms with E-state index >= 15 is 0 Å². The van der Waals surface area contributed by atoms with Crippen LogP contribution >= 0.6 is 0 Å². The second-order valence-corrected chi connectivity index (χ2v) is 8.64. The Kier molecular flexibility index (Phi) is 8.04. The fourth-order valence-corrected chi connectivity index (χ4v) is 3.93. The number of hydrogen-bond donors (Lipinski definition) is 2. The van der Waals surface area contributed by atoms with Crippen LogP contribution in [-0.4, -0.2) is 34.1 Å². The van der Waals surface area contributed by atoms with Crippen LogP contribution < -0.4 is 19.5 Å². The summed E-state index contributed by atoms with van der Waals surface area (Å²) >= 11 is 0. The molecule has 0 spiro atoms. The lowest BCUT2D eigenvalue weighted by molar-refractivity contribution is -0.118. The molecular weight excluding hydrogens is 392 g/mol. The topological polar surface area (TPSA) is 93.7 Å². The van der Waals surface area contributed by atoms with E-state index in [1.807, 2.05) is 20.8 Å². The molecule has 8 heteroatoms. The SMILES string of the molecule is CCOc1ccc(NC(=O)[C@H](CC(C)C)NS(=O)(=O)c2ccc(OC)cc2)cc1. The van der Waals surface area contributed by atoms with Crippen molar-refractivity contribution < 1.29 is 22.7 Å². The van der Waals surface area contributed by atoms with Gasteiger partial charge in [0.1, 0.15) is 17.5 Å². The van der Waals surface area contributed by atoms with E-state index in [0.717, 1.165) is 0 Å². The van der Waals surface area contributed by atoms with Crippen LogP contribution in [0.2, 0.25) is 0 Å². The van der Waals surface area contributed by atoms with E-state index in [4.69, 9.17) is 9.47 Å². The Morgan fingerprint density at radius 2 is 1.59 bits per heavy atom. The Bertz CT molecular complexity index is 894. The van der Waals surface area contributed by atoms with E-state index in [1.165, 1.54) is 19.2 Å². The normalized spacial score (nSPS) is 12.4. The van der Waals surface area contributed by atoms with Crippen molar-refractivity contribution in [2.75, 3.05) is 19.0 Å². The lowest BCUT2D eigenvalue weighted by atomic mass is 10.0. The average molecular weight is 421 g/mol. The predicted molar refractivity (Wildman–Crippen MR) is 113 cm³/mol. The fraction of sp³-hybridized carbons (Fsp3) is 0.381. The molecule has 2 rings (SSSR count). The van der Waals surface area contributed by atoms with Gasteiger partial charge in [-0.15, -0.1) is 0 Å². The molecular formula is C21H28N2O5S. The molecule has 158 valence electrons. The predicted octanol–water partition coefficient (Wildman–Crippen LogP) is 3.43. The van der Waals surface area contributed by atoms with Crippen LogP contribution in [0, 0.1) is 5.92 Å². The highest BCUT2D eigenvalue weighted by molar-refractivity contribution is 7.89. The summed E-state index contributed by atoms with van der Waals surface area (Å²) in [6, 6.07) is 12.0. The maximum Gasteiger partial charge on any atom is 0.242 e. The molecule has 0 aromatic heterocycles. The number of amides is 1. The van der Waals surface area contributed by atoms with E-state index in [1.54, 1.807) is 36.4 Å². The molecule has 0 fully saturated rings. The van der Waals surface area contributed by atoms with Gasteiger partial charge in [-0.2, -0.15) is 4.72 Å². The summed E-state index contributed by atoms with van der Waals surface area (Å²) in [5, 5.41) is 2.77. The van der Waals surface area contributed by atoms with E-state index < -0.39 is 22.0 Å². The molecule has 0 saturated heterocycles. The van der Waals surface area contributed by atoms with Gasteiger partial charge < -0.3 is 14.8 Å². The van der Waals surface area contributed by atoms with E-state index in [9.17, 15) is 13.2 Å². The van der Waals surface area contributed by atoms with Crippen LogP contribution in [0.5, 0.6) is 11.5 Å². The van der Waals surface area contributed by atoms with Gasteiger partial charge in [0, 0.05) is 5.69 Å². The van der Waals surface area contributed by atoms with E-state index in [-0.39, 0.29) is 10.8 Å². The Morgan fingerprint density at radius 1 is 1.00 bits per heavy atom. The third-order valence-corrected chi connectivity index (χ3v) is 5.61. The first-order valence-electron chi connectivity index (χ1n) is 9.45. The van der Waals surface area contributed by atoms with Crippen molar-refractivity contribution in [1.29, 1.82) is 0 Å². The first kappa shape index (κ1) is 22.7. The highest BCUT2D eigenvalue weighted by atomic mass is 32.2. The Balaban J connectivity index is 2.15. The van der Waals surface area contributed by atoms with Gasteiger partial charge in [-0.25, -0.2) is 8.42 Å². The third-order valence-electron chi connectivity index (χ3n) is 4.12. The van der Waals surface area contributed by atoms with Crippen LogP contribution in [0.1, 0.15) is 27.2 Å². The Labute approximate surface area is 172 Å². The molecule has 2 aromatic carbocycles. The molecule has 0 aliphatic rings. The minimum absolute atomic E-state index is 0.0703. The Hall–Kier alpha value is -2.58. The molecule has 0 unspecified atom stereocenters. The van der Waals surface area contributed by atoms with Crippen LogP contribution in [0.4, 0.5) is 5.69 Å². The van der Waals surface area contributed by atoms with Gasteiger partial charge in [-0.3, -0.25) is 4.79 Å². The summed E-state index contributed by atoms with van der Waals surface area (Å²) in [7, 11) is -2.36. The van der Waals surface area contributed by atoms with Gasteiger partial charge in [0.05, 0.1) is 18.6 Å². The molecule has 1 amide bonds. The standard InChI is InChI=1S/C21H28N2O5S/c1-5-28-18-8-6-16(7-9-18)22-21(24)20(14-15(2)3)23-29(25,26)19-12-10-17(27-4)11-13-19/h6-13,15,20,23H,5,14H2,1-4H3,(H,22,24)/t20-/m0/s1. The Morgan fingerprint density at radius 3 is 2.10 bits per heavy atom. The van der Waals surface area contributed by atoms with Gasteiger partial charge in [0.25, 0.3) is 0 Å². The van der Waals surface area contributed by atoms with Crippen molar-refractivity contribution in [1.82, 2.24) is 4.72 Å². The number of nitrogens with one attached hydrogen (secondary N) is 2. The number of rotatable bonds is 10. The highest BCUT2D eigenvalue weighted by Gasteiger charge is 2.26. The number of carbonyl (C=O) groups is 1. The molecule has 1 atom stereocenters. The average Bonchev–Trinajstić information content (AvgIpc) is 2.68. The quantitative estimate of drug-likeness (QED) is 0.614. The number of hydrogen-bond acceptors (Lipinski definition) is 5. The summed E-state index contributed by atoms with van der Waals surface area (Å²) in [6.07, 6.45) is 0.359. The van der Waals surface area contributed by atoms with E-state index in [0.29, 0.717) is 30.2 Å². The molecule has 0 heterocycles. The fourth-order valence-electron chi connectivity index (χ4n) is 2.72. The summed E-state index contributed by atoms with van der Waals surface area (Å²) in [5.41, 5.74) is 0.566. The van der Waals surface area contributed by atoms with Crippen LogP contribution in [0.25, 0.3) is 0 Å². The van der Waals surface area contributed by atoms with Crippen molar-refractivity contribution >= 4 is 21.6 Å². The molecule has 7 nitrogen and oxygen atoms in total.